The number of nitrogens with one attached hydrogen (secondary N) is 1. The Labute approximate surface area is 123 Å². The minimum atomic E-state index is 0.296. The van der Waals surface area contributed by atoms with Crippen LogP contribution in [0.3, 0.4) is 0 Å². The zero-order valence-corrected chi connectivity index (χ0v) is 12.8. The zero-order chi connectivity index (χ0) is 14.4. The molecule has 0 aliphatic carbocycles. The highest BCUT2D eigenvalue weighted by atomic mass is 16.3. The van der Waals surface area contributed by atoms with E-state index >= 15 is 0 Å². The van der Waals surface area contributed by atoms with Crippen molar-refractivity contribution in [3.63, 3.8) is 0 Å². The van der Waals surface area contributed by atoms with Crippen molar-refractivity contribution in [2.45, 2.75) is 38.8 Å². The Morgan fingerprint density at radius 2 is 2.10 bits per heavy atom. The van der Waals surface area contributed by atoms with Crippen molar-refractivity contribution >= 4 is 0 Å². The van der Waals surface area contributed by atoms with Gasteiger partial charge < -0.3 is 10.4 Å². The van der Waals surface area contributed by atoms with Gasteiger partial charge in [0.1, 0.15) is 0 Å². The van der Waals surface area contributed by atoms with Gasteiger partial charge >= 0.3 is 0 Å². The monoisotopic (exact) mass is 276 g/mol. The van der Waals surface area contributed by atoms with Gasteiger partial charge in [0.2, 0.25) is 0 Å². The molecule has 3 unspecified atom stereocenters. The molecule has 112 valence electrons. The molecule has 0 spiro atoms. The second-order valence-electron chi connectivity index (χ2n) is 5.90. The average molecular weight is 276 g/mol. The van der Waals surface area contributed by atoms with Crippen LogP contribution in [-0.2, 0) is 0 Å². The van der Waals surface area contributed by atoms with Gasteiger partial charge in [-0.05, 0) is 37.4 Å². The minimum Gasteiger partial charge on any atom is -0.395 e. The summed E-state index contributed by atoms with van der Waals surface area (Å²) in [5, 5.41) is 13.1. The molecule has 3 atom stereocenters. The van der Waals surface area contributed by atoms with Crippen LogP contribution in [0.1, 0.15) is 38.3 Å². The van der Waals surface area contributed by atoms with E-state index in [9.17, 15) is 5.11 Å². The molecule has 20 heavy (non-hydrogen) atoms. The van der Waals surface area contributed by atoms with Crippen LogP contribution in [0, 0.1) is 5.92 Å². The lowest BCUT2D eigenvalue weighted by Crippen LogP contribution is -2.39. The Morgan fingerprint density at radius 1 is 1.35 bits per heavy atom. The Bertz CT molecular complexity index is 382. The van der Waals surface area contributed by atoms with Crippen molar-refractivity contribution in [3.05, 3.63) is 35.9 Å². The Balaban J connectivity index is 2.02. The number of benzene rings is 1. The first-order chi connectivity index (χ1) is 9.76. The SMILES string of the molecule is CCNC(c1ccccc1)C(C)CN1CCCC1CO. The highest BCUT2D eigenvalue weighted by Gasteiger charge is 2.27. The van der Waals surface area contributed by atoms with Crippen LogP contribution in [0.15, 0.2) is 30.3 Å². The standard InChI is InChI=1S/C17H28N2O/c1-3-18-17(15-8-5-4-6-9-15)14(2)12-19-11-7-10-16(19)13-20/h4-6,8-9,14,16-18,20H,3,7,10-13H2,1-2H3. The molecular formula is C17H28N2O. The maximum Gasteiger partial charge on any atom is 0.0586 e. The normalized spacial score (nSPS) is 22.9. The van der Waals surface area contributed by atoms with Gasteiger partial charge in [-0.3, -0.25) is 4.90 Å². The Kier molecular flexibility index (Phi) is 6.02. The van der Waals surface area contributed by atoms with E-state index in [2.05, 4.69) is 54.4 Å². The van der Waals surface area contributed by atoms with Crippen LogP contribution in [0.5, 0.6) is 0 Å². The van der Waals surface area contributed by atoms with Crippen LogP contribution in [0.4, 0.5) is 0 Å². The van der Waals surface area contributed by atoms with Gasteiger partial charge in [-0.25, -0.2) is 0 Å². The van der Waals surface area contributed by atoms with Crippen molar-refractivity contribution in [3.8, 4) is 0 Å². The van der Waals surface area contributed by atoms with Crippen LogP contribution >= 0.6 is 0 Å². The molecule has 0 radical (unpaired) electrons. The van der Waals surface area contributed by atoms with Gasteiger partial charge in [0.05, 0.1) is 6.61 Å². The van der Waals surface area contributed by atoms with Crippen molar-refractivity contribution in [1.82, 2.24) is 10.2 Å². The van der Waals surface area contributed by atoms with E-state index in [1.165, 1.54) is 12.0 Å². The largest absolute Gasteiger partial charge is 0.395 e. The summed E-state index contributed by atoms with van der Waals surface area (Å²) in [5.41, 5.74) is 1.36. The van der Waals surface area contributed by atoms with Crippen molar-refractivity contribution in [2.24, 2.45) is 5.92 Å². The highest BCUT2D eigenvalue weighted by molar-refractivity contribution is 5.19. The number of aliphatic hydroxyl groups excluding tert-OH is 1. The number of hydrogen-bond acceptors (Lipinski definition) is 3. The minimum absolute atomic E-state index is 0.296. The van der Waals surface area contributed by atoms with Crippen LogP contribution in [-0.4, -0.2) is 42.3 Å². The lowest BCUT2D eigenvalue weighted by molar-refractivity contribution is 0.136. The van der Waals surface area contributed by atoms with E-state index in [0.29, 0.717) is 24.6 Å². The van der Waals surface area contributed by atoms with E-state index < -0.39 is 0 Å². The fourth-order valence-electron chi connectivity index (χ4n) is 3.35. The summed E-state index contributed by atoms with van der Waals surface area (Å²) in [4.78, 5) is 2.46. The van der Waals surface area contributed by atoms with E-state index in [1.807, 2.05) is 0 Å². The summed E-state index contributed by atoms with van der Waals surface area (Å²) in [6.45, 7) is 7.93. The fraction of sp³-hybridized carbons (Fsp3) is 0.647. The van der Waals surface area contributed by atoms with Crippen LogP contribution in [0.25, 0.3) is 0 Å². The molecule has 0 saturated carbocycles. The summed E-state index contributed by atoms with van der Waals surface area (Å²) < 4.78 is 0. The highest BCUT2D eigenvalue weighted by Crippen LogP contribution is 2.26. The van der Waals surface area contributed by atoms with Gasteiger partial charge in [-0.15, -0.1) is 0 Å². The maximum absolute atomic E-state index is 9.45. The predicted octanol–water partition coefficient (Wildman–Crippen LogP) is 2.43. The van der Waals surface area contributed by atoms with Gasteiger partial charge in [0.15, 0.2) is 0 Å². The van der Waals surface area contributed by atoms with Crippen LogP contribution < -0.4 is 5.32 Å². The van der Waals surface area contributed by atoms with E-state index in [-0.39, 0.29) is 0 Å². The zero-order valence-electron chi connectivity index (χ0n) is 12.8. The summed E-state index contributed by atoms with van der Waals surface area (Å²) in [5.74, 6) is 0.532. The molecule has 0 bridgehead atoms. The molecule has 1 aliphatic rings. The third kappa shape index (κ3) is 3.81. The van der Waals surface area contributed by atoms with Gasteiger partial charge in [0, 0.05) is 18.6 Å². The second-order valence-corrected chi connectivity index (χ2v) is 5.90. The number of nitrogens with zero attached hydrogens (tertiary/aromatic N) is 1. The molecule has 0 amide bonds. The molecule has 1 saturated heterocycles. The lowest BCUT2D eigenvalue weighted by Gasteiger charge is -2.31. The average Bonchev–Trinajstić information content (AvgIpc) is 2.92. The van der Waals surface area contributed by atoms with E-state index in [1.54, 1.807) is 0 Å². The molecule has 1 aliphatic heterocycles. The third-order valence-electron chi connectivity index (χ3n) is 4.38. The topological polar surface area (TPSA) is 35.5 Å². The van der Waals surface area contributed by atoms with Crippen LogP contribution in [0.2, 0.25) is 0 Å². The second kappa shape index (κ2) is 7.77. The molecule has 2 N–H and O–H groups in total. The predicted molar refractivity (Wildman–Crippen MR) is 83.7 cm³/mol. The van der Waals surface area contributed by atoms with Gasteiger partial charge in [0.25, 0.3) is 0 Å². The molecule has 1 aromatic rings. The van der Waals surface area contributed by atoms with Crippen molar-refractivity contribution < 1.29 is 5.11 Å². The van der Waals surface area contributed by atoms with Gasteiger partial charge in [-0.1, -0.05) is 44.2 Å². The number of rotatable bonds is 7. The Morgan fingerprint density at radius 3 is 2.75 bits per heavy atom. The lowest BCUT2D eigenvalue weighted by atomic mass is 9.93. The first-order valence-electron chi connectivity index (χ1n) is 7.89. The van der Waals surface area contributed by atoms with E-state index in [0.717, 1.165) is 26.1 Å². The molecule has 1 aromatic carbocycles. The molecule has 1 fully saturated rings. The molecular weight excluding hydrogens is 248 g/mol. The first-order valence-corrected chi connectivity index (χ1v) is 7.89. The number of aliphatic hydroxyl groups is 1. The summed E-state index contributed by atoms with van der Waals surface area (Å²) >= 11 is 0. The molecule has 3 heteroatoms. The summed E-state index contributed by atoms with van der Waals surface area (Å²) in [6, 6.07) is 11.5. The van der Waals surface area contributed by atoms with Gasteiger partial charge in [-0.2, -0.15) is 0 Å². The van der Waals surface area contributed by atoms with E-state index in [4.69, 9.17) is 0 Å². The van der Waals surface area contributed by atoms with Crippen molar-refractivity contribution in [1.29, 1.82) is 0 Å². The molecule has 0 aromatic heterocycles. The smallest absolute Gasteiger partial charge is 0.0586 e. The quantitative estimate of drug-likeness (QED) is 0.803. The third-order valence-corrected chi connectivity index (χ3v) is 4.38. The number of likely N-dealkylation sites (tertiary alicyclic amines) is 1. The first kappa shape index (κ1) is 15.5. The summed E-state index contributed by atoms with van der Waals surface area (Å²) in [6.07, 6.45) is 2.36. The maximum atomic E-state index is 9.45. The fourth-order valence-corrected chi connectivity index (χ4v) is 3.35. The summed E-state index contributed by atoms with van der Waals surface area (Å²) in [7, 11) is 0. The Hall–Kier alpha value is -0.900. The molecule has 2 rings (SSSR count). The molecule has 3 nitrogen and oxygen atoms in total. The number of hydrogen-bond donors (Lipinski definition) is 2. The van der Waals surface area contributed by atoms with Crippen molar-refractivity contribution in [2.75, 3.05) is 26.2 Å². The molecule has 1 heterocycles.